The van der Waals surface area contributed by atoms with E-state index in [0.29, 0.717) is 38.2 Å². The van der Waals surface area contributed by atoms with Gasteiger partial charge in [0.15, 0.2) is 0 Å². The number of rotatable bonds is 2. The van der Waals surface area contributed by atoms with Crippen LogP contribution in [0.1, 0.15) is 52.9 Å². The number of hydrogen-bond donors (Lipinski definition) is 1. The van der Waals surface area contributed by atoms with E-state index in [-0.39, 0.29) is 29.5 Å². The molecule has 4 rings (SSSR count). The Kier molecular flexibility index (Phi) is 4.45. The summed E-state index contributed by atoms with van der Waals surface area (Å²) in [5.74, 6) is 0.823. The highest BCUT2D eigenvalue weighted by atomic mass is 16.5. The average Bonchev–Trinajstić information content (AvgIpc) is 3.28. The lowest BCUT2D eigenvalue weighted by Gasteiger charge is -2.41. The lowest BCUT2D eigenvalue weighted by Crippen LogP contribution is -2.57. The maximum atomic E-state index is 12.8. The molecule has 2 saturated carbocycles. The predicted octanol–water partition coefficient (Wildman–Crippen LogP) is 2.23. The SMILES string of the molecule is CC1(C)C2CCC1(C)C(NC(=O)N1CCN(C(=O)C3CCCO3)CC1)C2. The lowest BCUT2D eigenvalue weighted by atomic mass is 9.69. The number of carbonyl (C=O) groups is 2. The first-order chi connectivity index (χ1) is 12.3. The lowest BCUT2D eigenvalue weighted by molar-refractivity contribution is -0.142. The van der Waals surface area contributed by atoms with Crippen molar-refractivity contribution in [2.45, 2.75) is 65.0 Å². The van der Waals surface area contributed by atoms with Crippen LogP contribution in [0.15, 0.2) is 0 Å². The molecule has 1 N–H and O–H groups in total. The van der Waals surface area contributed by atoms with Gasteiger partial charge in [-0.05, 0) is 48.9 Å². The number of nitrogens with one attached hydrogen (secondary N) is 1. The highest BCUT2D eigenvalue weighted by Crippen LogP contribution is 2.65. The summed E-state index contributed by atoms with van der Waals surface area (Å²) >= 11 is 0. The number of amides is 3. The number of fused-ring (bicyclic) bond motifs is 2. The second kappa shape index (κ2) is 6.39. The Morgan fingerprint density at radius 2 is 1.73 bits per heavy atom. The van der Waals surface area contributed by atoms with E-state index < -0.39 is 0 Å². The summed E-state index contributed by atoms with van der Waals surface area (Å²) in [6, 6.07) is 0.319. The van der Waals surface area contributed by atoms with Crippen LogP contribution >= 0.6 is 0 Å². The summed E-state index contributed by atoms with van der Waals surface area (Å²) in [7, 11) is 0. The Balaban J connectivity index is 1.30. The fourth-order valence-electron chi connectivity index (χ4n) is 5.77. The zero-order chi connectivity index (χ0) is 18.5. The van der Waals surface area contributed by atoms with Crippen LogP contribution in [0.2, 0.25) is 0 Å². The van der Waals surface area contributed by atoms with Crippen LogP contribution in [0.4, 0.5) is 4.79 Å². The van der Waals surface area contributed by atoms with Crippen molar-refractivity contribution in [3.63, 3.8) is 0 Å². The van der Waals surface area contributed by atoms with Crippen LogP contribution in [0.3, 0.4) is 0 Å². The first kappa shape index (κ1) is 18.1. The number of urea groups is 1. The summed E-state index contributed by atoms with van der Waals surface area (Å²) in [6.07, 6.45) is 5.14. The van der Waals surface area contributed by atoms with E-state index in [9.17, 15) is 9.59 Å². The van der Waals surface area contributed by atoms with Gasteiger partial charge in [0.05, 0.1) is 0 Å². The minimum Gasteiger partial charge on any atom is -0.368 e. The van der Waals surface area contributed by atoms with Crippen molar-refractivity contribution in [1.29, 1.82) is 0 Å². The standard InChI is InChI=1S/C20H33N3O3/c1-19(2)14-6-7-20(19,3)16(13-14)21-18(25)23-10-8-22(9-11-23)17(24)15-5-4-12-26-15/h14-16H,4-13H2,1-3H3,(H,21,25). The molecule has 146 valence electrons. The molecule has 0 radical (unpaired) electrons. The molecule has 26 heavy (non-hydrogen) atoms. The van der Waals surface area contributed by atoms with Gasteiger partial charge < -0.3 is 19.9 Å². The van der Waals surface area contributed by atoms with Gasteiger partial charge in [-0.1, -0.05) is 20.8 Å². The van der Waals surface area contributed by atoms with Crippen molar-refractivity contribution in [1.82, 2.24) is 15.1 Å². The van der Waals surface area contributed by atoms with Gasteiger partial charge in [0, 0.05) is 38.8 Å². The largest absolute Gasteiger partial charge is 0.368 e. The number of ether oxygens (including phenoxy) is 1. The third-order valence-corrected chi connectivity index (χ3v) is 8.18. The molecule has 4 unspecified atom stereocenters. The molecular weight excluding hydrogens is 330 g/mol. The molecule has 2 aliphatic carbocycles. The van der Waals surface area contributed by atoms with Crippen LogP contribution in [-0.4, -0.2) is 66.7 Å². The van der Waals surface area contributed by atoms with Crippen molar-refractivity contribution < 1.29 is 14.3 Å². The monoisotopic (exact) mass is 363 g/mol. The summed E-state index contributed by atoms with van der Waals surface area (Å²) in [4.78, 5) is 29.0. The van der Waals surface area contributed by atoms with Crippen molar-refractivity contribution >= 4 is 11.9 Å². The maximum absolute atomic E-state index is 12.8. The molecule has 2 bridgehead atoms. The van der Waals surface area contributed by atoms with Crippen molar-refractivity contribution in [3.8, 4) is 0 Å². The van der Waals surface area contributed by atoms with E-state index in [4.69, 9.17) is 4.74 Å². The van der Waals surface area contributed by atoms with Crippen LogP contribution in [-0.2, 0) is 9.53 Å². The minimum absolute atomic E-state index is 0.0452. The molecule has 0 aromatic rings. The number of nitrogens with zero attached hydrogens (tertiary/aromatic N) is 2. The van der Waals surface area contributed by atoms with Gasteiger partial charge in [0.2, 0.25) is 0 Å². The Hall–Kier alpha value is -1.30. The van der Waals surface area contributed by atoms with Crippen molar-refractivity contribution in [3.05, 3.63) is 0 Å². The molecule has 0 spiro atoms. The smallest absolute Gasteiger partial charge is 0.317 e. The first-order valence-corrected chi connectivity index (χ1v) is 10.3. The molecule has 2 aliphatic heterocycles. The van der Waals surface area contributed by atoms with Crippen LogP contribution in [0, 0.1) is 16.7 Å². The Morgan fingerprint density at radius 3 is 2.27 bits per heavy atom. The summed E-state index contributed by atoms with van der Waals surface area (Å²) < 4.78 is 5.51. The zero-order valence-electron chi connectivity index (χ0n) is 16.4. The fraction of sp³-hybridized carbons (Fsp3) is 0.900. The molecule has 2 heterocycles. The molecule has 6 nitrogen and oxygen atoms in total. The number of carbonyl (C=O) groups excluding carboxylic acids is 2. The first-order valence-electron chi connectivity index (χ1n) is 10.3. The molecule has 4 atom stereocenters. The van der Waals surface area contributed by atoms with E-state index >= 15 is 0 Å². The van der Waals surface area contributed by atoms with Crippen LogP contribution < -0.4 is 5.32 Å². The molecule has 4 aliphatic rings. The number of hydrogen-bond acceptors (Lipinski definition) is 3. The van der Waals surface area contributed by atoms with E-state index in [1.54, 1.807) is 0 Å². The Labute approximate surface area is 156 Å². The van der Waals surface area contributed by atoms with E-state index in [1.807, 2.05) is 9.80 Å². The molecule has 0 aromatic carbocycles. The third-order valence-electron chi connectivity index (χ3n) is 8.18. The molecule has 4 fully saturated rings. The molecule has 0 aromatic heterocycles. The Bertz CT molecular complexity index is 579. The topological polar surface area (TPSA) is 61.9 Å². The van der Waals surface area contributed by atoms with Gasteiger partial charge in [-0.3, -0.25) is 4.79 Å². The van der Waals surface area contributed by atoms with E-state index in [2.05, 4.69) is 26.1 Å². The normalized spacial score (nSPS) is 38.7. The van der Waals surface area contributed by atoms with Gasteiger partial charge in [-0.15, -0.1) is 0 Å². The van der Waals surface area contributed by atoms with Gasteiger partial charge in [-0.2, -0.15) is 0 Å². The van der Waals surface area contributed by atoms with Gasteiger partial charge in [0.25, 0.3) is 5.91 Å². The summed E-state index contributed by atoms with van der Waals surface area (Å²) in [5, 5.41) is 3.33. The highest BCUT2D eigenvalue weighted by molar-refractivity contribution is 5.81. The zero-order valence-corrected chi connectivity index (χ0v) is 16.4. The molecular formula is C20H33N3O3. The van der Waals surface area contributed by atoms with E-state index in [1.165, 1.54) is 12.8 Å². The average molecular weight is 364 g/mol. The number of piperazine rings is 1. The maximum Gasteiger partial charge on any atom is 0.317 e. The third kappa shape index (κ3) is 2.72. The van der Waals surface area contributed by atoms with E-state index in [0.717, 1.165) is 25.2 Å². The fourth-order valence-corrected chi connectivity index (χ4v) is 5.77. The second-order valence-electron chi connectivity index (χ2n) is 9.43. The van der Waals surface area contributed by atoms with Crippen molar-refractivity contribution in [2.24, 2.45) is 16.7 Å². The van der Waals surface area contributed by atoms with Gasteiger partial charge >= 0.3 is 6.03 Å². The van der Waals surface area contributed by atoms with Gasteiger partial charge in [0.1, 0.15) is 6.10 Å². The van der Waals surface area contributed by atoms with Crippen LogP contribution in [0.25, 0.3) is 0 Å². The van der Waals surface area contributed by atoms with Crippen LogP contribution in [0.5, 0.6) is 0 Å². The highest BCUT2D eigenvalue weighted by Gasteiger charge is 2.61. The minimum atomic E-state index is -0.258. The van der Waals surface area contributed by atoms with Gasteiger partial charge in [-0.25, -0.2) is 4.79 Å². The summed E-state index contributed by atoms with van der Waals surface area (Å²) in [5.41, 5.74) is 0.502. The molecule has 2 saturated heterocycles. The van der Waals surface area contributed by atoms with Crippen molar-refractivity contribution in [2.75, 3.05) is 32.8 Å². The Morgan fingerprint density at radius 1 is 1.04 bits per heavy atom. The molecule has 3 amide bonds. The molecule has 6 heteroatoms. The quantitative estimate of drug-likeness (QED) is 0.818. The summed E-state index contributed by atoms with van der Waals surface area (Å²) in [6.45, 7) is 10.2. The predicted molar refractivity (Wildman–Crippen MR) is 98.7 cm³/mol. The second-order valence-corrected chi connectivity index (χ2v) is 9.43.